The highest BCUT2D eigenvalue weighted by molar-refractivity contribution is 7.99. The van der Waals surface area contributed by atoms with Crippen molar-refractivity contribution >= 4 is 39.2 Å². The molecule has 4 rings (SSSR count). The molecular formula is C19H18N2O2S2. The molecule has 0 aliphatic carbocycles. The maximum atomic E-state index is 12.3. The number of para-hydroxylation sites is 2. The monoisotopic (exact) mass is 370 g/mol. The van der Waals surface area contributed by atoms with Gasteiger partial charge in [0.15, 0.2) is 0 Å². The Morgan fingerprint density at radius 2 is 2.08 bits per heavy atom. The van der Waals surface area contributed by atoms with E-state index in [-0.39, 0.29) is 11.9 Å². The van der Waals surface area contributed by atoms with E-state index in [9.17, 15) is 4.79 Å². The average molecular weight is 370 g/mol. The third-order valence-corrected chi connectivity index (χ3v) is 6.25. The fourth-order valence-corrected chi connectivity index (χ4v) is 4.80. The Balaban J connectivity index is 1.31. The Bertz CT molecular complexity index is 861. The van der Waals surface area contributed by atoms with Crippen LogP contribution in [0, 0.1) is 0 Å². The zero-order valence-electron chi connectivity index (χ0n) is 13.6. The molecule has 2 aromatic carbocycles. The molecule has 1 aliphatic rings. The van der Waals surface area contributed by atoms with Crippen molar-refractivity contribution in [2.75, 3.05) is 12.4 Å². The standard InChI is InChI=1S/C19H18N2O2S2/c22-18(20-14-9-10-23-16-7-3-1-5-13(14)16)11-24-12-19-21-15-6-2-4-8-17(15)25-19/h1-8,14H,9-12H2,(H,20,22)/t14-/m1/s1. The lowest BCUT2D eigenvalue weighted by atomic mass is 10.0. The fourth-order valence-electron chi connectivity index (χ4n) is 2.94. The number of ether oxygens (including phenoxy) is 1. The Morgan fingerprint density at radius 3 is 3.00 bits per heavy atom. The van der Waals surface area contributed by atoms with Gasteiger partial charge in [-0.2, -0.15) is 0 Å². The SMILES string of the molecule is O=C(CSCc1nc2ccccc2s1)N[C@@H]1CCOc2ccccc21. The summed E-state index contributed by atoms with van der Waals surface area (Å²) in [5, 5.41) is 4.20. The molecule has 25 heavy (non-hydrogen) atoms. The molecule has 0 spiro atoms. The van der Waals surface area contributed by atoms with Crippen LogP contribution in [-0.2, 0) is 10.5 Å². The number of hydrogen-bond acceptors (Lipinski definition) is 5. The molecule has 128 valence electrons. The zero-order valence-corrected chi connectivity index (χ0v) is 15.2. The van der Waals surface area contributed by atoms with E-state index < -0.39 is 0 Å². The quantitative estimate of drug-likeness (QED) is 0.732. The number of nitrogens with one attached hydrogen (secondary N) is 1. The second-order valence-electron chi connectivity index (χ2n) is 5.86. The minimum absolute atomic E-state index is 0.0421. The van der Waals surface area contributed by atoms with Crippen LogP contribution >= 0.6 is 23.1 Å². The maximum Gasteiger partial charge on any atom is 0.230 e. The van der Waals surface area contributed by atoms with Crippen molar-refractivity contribution in [3.05, 3.63) is 59.1 Å². The van der Waals surface area contributed by atoms with Crippen molar-refractivity contribution in [2.45, 2.75) is 18.2 Å². The van der Waals surface area contributed by atoms with Gasteiger partial charge in [-0.05, 0) is 18.2 Å². The lowest BCUT2D eigenvalue weighted by Gasteiger charge is -2.26. The van der Waals surface area contributed by atoms with Crippen LogP contribution in [0.2, 0.25) is 0 Å². The van der Waals surface area contributed by atoms with E-state index in [0.29, 0.717) is 12.4 Å². The van der Waals surface area contributed by atoms with E-state index in [1.54, 1.807) is 23.1 Å². The van der Waals surface area contributed by atoms with Crippen LogP contribution in [0.1, 0.15) is 23.0 Å². The minimum Gasteiger partial charge on any atom is -0.493 e. The van der Waals surface area contributed by atoms with E-state index in [2.05, 4.69) is 16.4 Å². The first-order valence-corrected chi connectivity index (χ1v) is 10.2. The first-order chi connectivity index (χ1) is 12.3. The minimum atomic E-state index is 0.0421. The molecule has 1 atom stereocenters. The number of nitrogens with zero attached hydrogens (tertiary/aromatic N) is 1. The molecule has 1 N–H and O–H groups in total. The highest BCUT2D eigenvalue weighted by Gasteiger charge is 2.22. The number of aromatic nitrogens is 1. The number of hydrogen-bond donors (Lipinski definition) is 1. The molecule has 6 heteroatoms. The number of fused-ring (bicyclic) bond motifs is 2. The van der Waals surface area contributed by atoms with E-state index >= 15 is 0 Å². The summed E-state index contributed by atoms with van der Waals surface area (Å²) in [4.78, 5) is 16.9. The fraction of sp³-hybridized carbons (Fsp3) is 0.263. The van der Waals surface area contributed by atoms with Crippen LogP contribution in [0.3, 0.4) is 0 Å². The summed E-state index contributed by atoms with van der Waals surface area (Å²) in [7, 11) is 0. The number of carbonyl (C=O) groups is 1. The van der Waals surface area contributed by atoms with Crippen LogP contribution in [0.15, 0.2) is 48.5 Å². The predicted octanol–water partition coefficient (Wildman–Crippen LogP) is 4.17. The van der Waals surface area contributed by atoms with E-state index in [0.717, 1.165) is 34.0 Å². The Labute approximate surface area is 154 Å². The Hall–Kier alpha value is -2.05. The molecule has 0 bridgehead atoms. The number of thiazole rings is 1. The molecule has 1 amide bonds. The molecule has 2 heterocycles. The van der Waals surface area contributed by atoms with Crippen LogP contribution in [0.4, 0.5) is 0 Å². The molecule has 0 unspecified atom stereocenters. The van der Waals surface area contributed by atoms with Crippen molar-refractivity contribution in [3.63, 3.8) is 0 Å². The molecular weight excluding hydrogens is 352 g/mol. The van der Waals surface area contributed by atoms with Gasteiger partial charge in [0.2, 0.25) is 5.91 Å². The number of thioether (sulfide) groups is 1. The number of amides is 1. The molecule has 0 fully saturated rings. The third-order valence-electron chi connectivity index (χ3n) is 4.09. The van der Waals surface area contributed by atoms with E-state index in [1.807, 2.05) is 42.5 Å². The van der Waals surface area contributed by atoms with Crippen molar-refractivity contribution in [1.82, 2.24) is 10.3 Å². The summed E-state index contributed by atoms with van der Waals surface area (Å²) >= 11 is 3.30. The second-order valence-corrected chi connectivity index (χ2v) is 7.96. The van der Waals surface area contributed by atoms with Crippen molar-refractivity contribution in [3.8, 4) is 5.75 Å². The van der Waals surface area contributed by atoms with Gasteiger partial charge in [0.1, 0.15) is 10.8 Å². The van der Waals surface area contributed by atoms with E-state index in [1.165, 1.54) is 4.70 Å². The Kier molecular flexibility index (Phi) is 4.90. The normalized spacial score (nSPS) is 16.2. The van der Waals surface area contributed by atoms with Gasteiger partial charge in [0.25, 0.3) is 0 Å². The van der Waals surface area contributed by atoms with Gasteiger partial charge in [0, 0.05) is 17.7 Å². The van der Waals surface area contributed by atoms with Crippen LogP contribution in [0.25, 0.3) is 10.2 Å². The molecule has 0 saturated carbocycles. The van der Waals surface area contributed by atoms with Crippen molar-refractivity contribution in [2.24, 2.45) is 0 Å². The second kappa shape index (κ2) is 7.45. The summed E-state index contributed by atoms with van der Waals surface area (Å²) in [6.45, 7) is 0.640. The smallest absolute Gasteiger partial charge is 0.230 e. The highest BCUT2D eigenvalue weighted by Crippen LogP contribution is 2.31. The van der Waals surface area contributed by atoms with Crippen LogP contribution < -0.4 is 10.1 Å². The summed E-state index contributed by atoms with van der Waals surface area (Å²) in [6, 6.07) is 16.1. The molecule has 0 radical (unpaired) electrons. The van der Waals surface area contributed by atoms with Gasteiger partial charge >= 0.3 is 0 Å². The van der Waals surface area contributed by atoms with Gasteiger partial charge < -0.3 is 10.1 Å². The molecule has 0 saturated heterocycles. The maximum absolute atomic E-state index is 12.3. The topological polar surface area (TPSA) is 51.2 Å². The largest absolute Gasteiger partial charge is 0.493 e. The van der Waals surface area contributed by atoms with Crippen molar-refractivity contribution in [1.29, 1.82) is 0 Å². The zero-order chi connectivity index (χ0) is 17.1. The molecule has 4 nitrogen and oxygen atoms in total. The third kappa shape index (κ3) is 3.80. The first-order valence-electron chi connectivity index (χ1n) is 8.23. The van der Waals surface area contributed by atoms with Gasteiger partial charge in [0.05, 0.1) is 28.6 Å². The van der Waals surface area contributed by atoms with Gasteiger partial charge in [-0.1, -0.05) is 30.3 Å². The van der Waals surface area contributed by atoms with Gasteiger partial charge in [-0.15, -0.1) is 23.1 Å². The summed E-state index contributed by atoms with van der Waals surface area (Å²) in [5.74, 6) is 2.14. The predicted molar refractivity (Wildman–Crippen MR) is 103 cm³/mol. The lowest BCUT2D eigenvalue weighted by molar-refractivity contribution is -0.119. The number of benzene rings is 2. The molecule has 3 aromatic rings. The van der Waals surface area contributed by atoms with Crippen LogP contribution in [-0.4, -0.2) is 23.3 Å². The first kappa shape index (κ1) is 16.4. The molecule has 1 aromatic heterocycles. The summed E-state index contributed by atoms with van der Waals surface area (Å²) in [5.41, 5.74) is 2.10. The van der Waals surface area contributed by atoms with E-state index in [4.69, 9.17) is 4.74 Å². The summed E-state index contributed by atoms with van der Waals surface area (Å²) < 4.78 is 6.84. The Morgan fingerprint density at radius 1 is 1.24 bits per heavy atom. The van der Waals surface area contributed by atoms with Gasteiger partial charge in [-0.25, -0.2) is 4.98 Å². The highest BCUT2D eigenvalue weighted by atomic mass is 32.2. The number of carbonyl (C=O) groups excluding carboxylic acids is 1. The lowest BCUT2D eigenvalue weighted by Crippen LogP contribution is -2.33. The summed E-state index contributed by atoms with van der Waals surface area (Å²) in [6.07, 6.45) is 0.811. The number of rotatable bonds is 5. The average Bonchev–Trinajstić information content (AvgIpc) is 3.05. The van der Waals surface area contributed by atoms with Crippen LogP contribution in [0.5, 0.6) is 5.75 Å². The molecule has 1 aliphatic heterocycles. The van der Waals surface area contributed by atoms with Gasteiger partial charge in [-0.3, -0.25) is 4.79 Å². The van der Waals surface area contributed by atoms with Crippen molar-refractivity contribution < 1.29 is 9.53 Å².